The maximum Gasteiger partial charge on any atom is 0.157 e. The largest absolute Gasteiger partial charge is 0.375 e. The van der Waals surface area contributed by atoms with Crippen LogP contribution in [0.1, 0.15) is 32.1 Å². The fourth-order valence-corrected chi connectivity index (χ4v) is 2.03. The molecule has 0 saturated carbocycles. The molecule has 66 valence electrons. The lowest BCUT2D eigenvalue weighted by molar-refractivity contribution is -0.115. The lowest BCUT2D eigenvalue weighted by atomic mass is 10.0. The smallest absolute Gasteiger partial charge is 0.157 e. The molecule has 0 unspecified atom stereocenters. The molecule has 2 aliphatic rings. The van der Waals surface area contributed by atoms with Crippen LogP contribution in [0.2, 0.25) is 0 Å². The van der Waals surface area contributed by atoms with E-state index in [4.69, 9.17) is 0 Å². The predicted octanol–water partition coefficient (Wildman–Crippen LogP) is 1.72. The van der Waals surface area contributed by atoms with Gasteiger partial charge < -0.3 is 4.90 Å². The molecule has 1 heterocycles. The molecule has 1 aliphatic heterocycles. The highest BCUT2D eigenvalue weighted by atomic mass is 16.1. The SMILES string of the molecule is O=C1C=C(N2CCCC2)CCC1. The zero-order chi connectivity index (χ0) is 8.39. The average molecular weight is 165 g/mol. The monoisotopic (exact) mass is 165 g/mol. The van der Waals surface area contributed by atoms with Gasteiger partial charge in [-0.1, -0.05) is 0 Å². The van der Waals surface area contributed by atoms with E-state index in [1.165, 1.54) is 31.6 Å². The minimum atomic E-state index is 0.322. The number of ketones is 1. The maximum absolute atomic E-state index is 11.1. The lowest BCUT2D eigenvalue weighted by Gasteiger charge is -2.23. The fourth-order valence-electron chi connectivity index (χ4n) is 2.03. The van der Waals surface area contributed by atoms with Crippen LogP contribution in [0, 0.1) is 0 Å². The summed E-state index contributed by atoms with van der Waals surface area (Å²) < 4.78 is 0. The molecule has 2 nitrogen and oxygen atoms in total. The number of likely N-dealkylation sites (tertiary alicyclic amines) is 1. The molecule has 2 rings (SSSR count). The number of hydrogen-bond acceptors (Lipinski definition) is 2. The fraction of sp³-hybridized carbons (Fsp3) is 0.700. The Morgan fingerprint density at radius 2 is 1.83 bits per heavy atom. The van der Waals surface area contributed by atoms with E-state index in [1.807, 2.05) is 6.08 Å². The number of hydrogen-bond donors (Lipinski definition) is 0. The van der Waals surface area contributed by atoms with Crippen molar-refractivity contribution >= 4 is 5.78 Å². The Bertz CT molecular complexity index is 214. The second kappa shape index (κ2) is 3.30. The van der Waals surface area contributed by atoms with Crippen LogP contribution < -0.4 is 0 Å². The number of carbonyl (C=O) groups excluding carboxylic acids is 1. The normalized spacial score (nSPS) is 24.5. The summed E-state index contributed by atoms with van der Waals surface area (Å²) in [6.45, 7) is 2.33. The summed E-state index contributed by atoms with van der Waals surface area (Å²) in [4.78, 5) is 13.5. The minimum Gasteiger partial charge on any atom is -0.375 e. The Labute approximate surface area is 73.2 Å². The molecule has 0 aromatic carbocycles. The molecule has 0 amide bonds. The van der Waals surface area contributed by atoms with Crippen LogP contribution in [0.3, 0.4) is 0 Å². The van der Waals surface area contributed by atoms with Gasteiger partial charge in [-0.05, 0) is 25.7 Å². The molecule has 0 atom stereocenters. The van der Waals surface area contributed by atoms with Gasteiger partial charge in [0, 0.05) is 31.3 Å². The first kappa shape index (κ1) is 7.84. The van der Waals surface area contributed by atoms with Gasteiger partial charge in [0.2, 0.25) is 0 Å². The van der Waals surface area contributed by atoms with Crippen molar-refractivity contribution in [2.75, 3.05) is 13.1 Å². The van der Waals surface area contributed by atoms with Crippen molar-refractivity contribution < 1.29 is 4.79 Å². The van der Waals surface area contributed by atoms with E-state index in [2.05, 4.69) is 4.90 Å². The van der Waals surface area contributed by atoms with Crippen LogP contribution in [0.15, 0.2) is 11.8 Å². The van der Waals surface area contributed by atoms with Crippen molar-refractivity contribution in [1.29, 1.82) is 0 Å². The highest BCUT2D eigenvalue weighted by Crippen LogP contribution is 2.22. The third-order valence-electron chi connectivity index (χ3n) is 2.70. The van der Waals surface area contributed by atoms with E-state index < -0.39 is 0 Å². The maximum atomic E-state index is 11.1. The quantitative estimate of drug-likeness (QED) is 0.589. The highest BCUT2D eigenvalue weighted by Gasteiger charge is 2.18. The van der Waals surface area contributed by atoms with Crippen molar-refractivity contribution in [3.8, 4) is 0 Å². The van der Waals surface area contributed by atoms with Crippen LogP contribution in [0.25, 0.3) is 0 Å². The molecular formula is C10H15NO. The van der Waals surface area contributed by atoms with Gasteiger partial charge in [-0.25, -0.2) is 0 Å². The van der Waals surface area contributed by atoms with E-state index in [0.717, 1.165) is 19.3 Å². The first-order valence-electron chi connectivity index (χ1n) is 4.84. The summed E-state index contributed by atoms with van der Waals surface area (Å²) >= 11 is 0. The molecule has 1 aliphatic carbocycles. The highest BCUT2D eigenvalue weighted by molar-refractivity contribution is 5.91. The van der Waals surface area contributed by atoms with E-state index in [0.29, 0.717) is 5.78 Å². The van der Waals surface area contributed by atoms with Crippen molar-refractivity contribution in [2.45, 2.75) is 32.1 Å². The molecule has 1 fully saturated rings. The molecule has 0 spiro atoms. The molecule has 0 aromatic rings. The zero-order valence-electron chi connectivity index (χ0n) is 7.38. The first-order valence-corrected chi connectivity index (χ1v) is 4.84. The third kappa shape index (κ3) is 1.52. The summed E-state index contributed by atoms with van der Waals surface area (Å²) in [6.07, 6.45) is 7.39. The van der Waals surface area contributed by atoms with E-state index >= 15 is 0 Å². The van der Waals surface area contributed by atoms with Crippen LogP contribution in [-0.2, 0) is 4.79 Å². The van der Waals surface area contributed by atoms with Gasteiger partial charge in [0.15, 0.2) is 5.78 Å². The second-order valence-corrected chi connectivity index (χ2v) is 3.65. The number of nitrogens with zero attached hydrogens (tertiary/aromatic N) is 1. The van der Waals surface area contributed by atoms with Crippen LogP contribution in [-0.4, -0.2) is 23.8 Å². The number of carbonyl (C=O) groups is 1. The summed E-state index contributed by atoms with van der Waals surface area (Å²) in [7, 11) is 0. The molecule has 2 heteroatoms. The van der Waals surface area contributed by atoms with Crippen molar-refractivity contribution in [1.82, 2.24) is 4.90 Å². The molecule has 0 aromatic heterocycles. The summed E-state index contributed by atoms with van der Waals surface area (Å²) in [5.41, 5.74) is 1.30. The lowest BCUT2D eigenvalue weighted by Crippen LogP contribution is -2.21. The third-order valence-corrected chi connectivity index (χ3v) is 2.70. The summed E-state index contributed by atoms with van der Waals surface area (Å²) in [6, 6.07) is 0. The van der Waals surface area contributed by atoms with Crippen molar-refractivity contribution in [3.05, 3.63) is 11.8 Å². The minimum absolute atomic E-state index is 0.322. The van der Waals surface area contributed by atoms with Gasteiger partial charge in [0.25, 0.3) is 0 Å². The molecule has 0 bridgehead atoms. The zero-order valence-corrected chi connectivity index (χ0v) is 7.38. The topological polar surface area (TPSA) is 20.3 Å². The standard InChI is InChI=1S/C10H15NO/c12-10-5-3-4-9(8-10)11-6-1-2-7-11/h8H,1-7H2. The first-order chi connectivity index (χ1) is 5.86. The van der Waals surface area contributed by atoms with Gasteiger partial charge in [-0.2, -0.15) is 0 Å². The van der Waals surface area contributed by atoms with E-state index in [9.17, 15) is 4.79 Å². The molecule has 0 N–H and O–H groups in total. The van der Waals surface area contributed by atoms with Crippen molar-refractivity contribution in [3.63, 3.8) is 0 Å². The molecule has 12 heavy (non-hydrogen) atoms. The van der Waals surface area contributed by atoms with Gasteiger partial charge in [0.05, 0.1) is 0 Å². The Balaban J connectivity index is 2.05. The van der Waals surface area contributed by atoms with Crippen LogP contribution in [0.5, 0.6) is 0 Å². The average Bonchev–Trinajstić information content (AvgIpc) is 2.56. The molecule has 0 radical (unpaired) electrons. The summed E-state index contributed by atoms with van der Waals surface area (Å²) in [5, 5.41) is 0. The van der Waals surface area contributed by atoms with Gasteiger partial charge in [0.1, 0.15) is 0 Å². The molecule has 1 saturated heterocycles. The van der Waals surface area contributed by atoms with Crippen LogP contribution >= 0.6 is 0 Å². The molecular weight excluding hydrogens is 150 g/mol. The van der Waals surface area contributed by atoms with Gasteiger partial charge in [-0.3, -0.25) is 4.79 Å². The Morgan fingerprint density at radius 1 is 1.08 bits per heavy atom. The van der Waals surface area contributed by atoms with Crippen LogP contribution in [0.4, 0.5) is 0 Å². The van der Waals surface area contributed by atoms with Gasteiger partial charge >= 0.3 is 0 Å². The van der Waals surface area contributed by atoms with Gasteiger partial charge in [-0.15, -0.1) is 0 Å². The van der Waals surface area contributed by atoms with E-state index in [1.54, 1.807) is 0 Å². The predicted molar refractivity (Wildman–Crippen MR) is 47.7 cm³/mol. The Morgan fingerprint density at radius 3 is 2.50 bits per heavy atom. The number of rotatable bonds is 1. The van der Waals surface area contributed by atoms with Crippen molar-refractivity contribution in [2.24, 2.45) is 0 Å². The van der Waals surface area contributed by atoms with E-state index in [-0.39, 0.29) is 0 Å². The second-order valence-electron chi connectivity index (χ2n) is 3.65. The summed E-state index contributed by atoms with van der Waals surface area (Å²) in [5.74, 6) is 0.322. The Hall–Kier alpha value is -0.790. The number of allylic oxidation sites excluding steroid dienone is 2. The Kier molecular flexibility index (Phi) is 2.15.